The molecule has 0 saturated carbocycles. The van der Waals surface area contributed by atoms with Crippen LogP contribution < -0.4 is 0 Å². The van der Waals surface area contributed by atoms with Crippen molar-refractivity contribution in [3.8, 4) is 0 Å². The Kier molecular flexibility index (Phi) is 3.44. The molecule has 15 heavy (non-hydrogen) atoms. The second kappa shape index (κ2) is 4.59. The third-order valence-electron chi connectivity index (χ3n) is 2.11. The van der Waals surface area contributed by atoms with Crippen molar-refractivity contribution in [2.24, 2.45) is 7.05 Å². The smallest absolute Gasteiger partial charge is 0.330 e. The van der Waals surface area contributed by atoms with E-state index in [0.717, 1.165) is 5.69 Å². The first-order chi connectivity index (χ1) is 7.06. The molecule has 1 aromatic rings. The van der Waals surface area contributed by atoms with Gasteiger partial charge in [-0.2, -0.15) is 0 Å². The van der Waals surface area contributed by atoms with Gasteiger partial charge < -0.3 is 9.30 Å². The van der Waals surface area contributed by atoms with Crippen molar-refractivity contribution in [1.82, 2.24) is 4.57 Å². The molecule has 4 nitrogen and oxygen atoms in total. The summed E-state index contributed by atoms with van der Waals surface area (Å²) in [7, 11) is 3.09. The molecule has 0 fully saturated rings. The van der Waals surface area contributed by atoms with Gasteiger partial charge in [-0.15, -0.1) is 0 Å². The van der Waals surface area contributed by atoms with Crippen molar-refractivity contribution >= 4 is 17.8 Å². The highest BCUT2D eigenvalue weighted by Gasteiger charge is 2.06. The molecule has 0 spiro atoms. The third kappa shape index (κ3) is 2.56. The third-order valence-corrected chi connectivity index (χ3v) is 2.11. The quantitative estimate of drug-likeness (QED) is 0.428. The number of aromatic nitrogens is 1. The lowest BCUT2D eigenvalue weighted by atomic mass is 10.3. The Morgan fingerprint density at radius 1 is 1.40 bits per heavy atom. The summed E-state index contributed by atoms with van der Waals surface area (Å²) in [4.78, 5) is 22.0. The summed E-state index contributed by atoms with van der Waals surface area (Å²) in [6.45, 7) is 1.50. The summed E-state index contributed by atoms with van der Waals surface area (Å²) in [6.07, 6.45) is 2.93. The lowest BCUT2D eigenvalue weighted by molar-refractivity contribution is -0.134. The number of nitrogens with zero attached hydrogens (tertiary/aromatic N) is 1. The van der Waals surface area contributed by atoms with Gasteiger partial charge in [-0.05, 0) is 18.2 Å². The van der Waals surface area contributed by atoms with Crippen LogP contribution in [-0.2, 0) is 16.6 Å². The lowest BCUT2D eigenvalue weighted by Gasteiger charge is -2.00. The van der Waals surface area contributed by atoms with Crippen molar-refractivity contribution in [1.29, 1.82) is 0 Å². The van der Waals surface area contributed by atoms with E-state index in [1.165, 1.54) is 20.1 Å². The summed E-state index contributed by atoms with van der Waals surface area (Å²) < 4.78 is 6.19. The van der Waals surface area contributed by atoms with E-state index in [-0.39, 0.29) is 5.78 Å². The molecule has 1 rings (SSSR count). The molecule has 1 heterocycles. The van der Waals surface area contributed by atoms with Crippen molar-refractivity contribution in [2.45, 2.75) is 6.92 Å². The number of carbonyl (C=O) groups excluding carboxylic acids is 2. The standard InChI is InChI=1S/C11H13NO3/c1-8(13)10-6-4-9(12(10)2)5-7-11(14)15-3/h4-7H,1-3H3/b7-5+. The molecule has 0 aliphatic heterocycles. The van der Waals surface area contributed by atoms with Crippen LogP contribution in [0.2, 0.25) is 0 Å². The molecular formula is C11H13NO3. The minimum atomic E-state index is -0.416. The molecule has 0 unspecified atom stereocenters. The van der Waals surface area contributed by atoms with Gasteiger partial charge in [0.2, 0.25) is 0 Å². The maximum absolute atomic E-state index is 11.1. The Labute approximate surface area is 88.2 Å². The van der Waals surface area contributed by atoms with E-state index in [1.807, 2.05) is 0 Å². The van der Waals surface area contributed by atoms with E-state index in [9.17, 15) is 9.59 Å². The number of methoxy groups -OCH3 is 1. The van der Waals surface area contributed by atoms with E-state index >= 15 is 0 Å². The van der Waals surface area contributed by atoms with Crippen molar-refractivity contribution in [2.75, 3.05) is 7.11 Å². The van der Waals surface area contributed by atoms with Crippen LogP contribution >= 0.6 is 0 Å². The average Bonchev–Trinajstić information content (AvgIpc) is 2.56. The molecule has 0 saturated heterocycles. The molecule has 0 amide bonds. The zero-order chi connectivity index (χ0) is 11.4. The Morgan fingerprint density at radius 2 is 2.07 bits per heavy atom. The molecule has 0 bridgehead atoms. The molecule has 0 aliphatic carbocycles. The predicted molar refractivity (Wildman–Crippen MR) is 56.5 cm³/mol. The van der Waals surface area contributed by atoms with Crippen LogP contribution in [0.15, 0.2) is 18.2 Å². The minimum Gasteiger partial charge on any atom is -0.466 e. The highest BCUT2D eigenvalue weighted by atomic mass is 16.5. The second-order valence-corrected chi connectivity index (χ2v) is 3.12. The SMILES string of the molecule is COC(=O)/C=C/c1ccc(C(C)=O)n1C. The average molecular weight is 207 g/mol. The van der Waals surface area contributed by atoms with Gasteiger partial charge in [-0.1, -0.05) is 0 Å². The summed E-state index contributed by atoms with van der Waals surface area (Å²) in [5, 5.41) is 0. The maximum Gasteiger partial charge on any atom is 0.330 e. The number of rotatable bonds is 3. The Bertz CT molecular complexity index is 415. The largest absolute Gasteiger partial charge is 0.466 e. The molecule has 0 atom stereocenters. The van der Waals surface area contributed by atoms with Gasteiger partial charge in [-0.25, -0.2) is 4.79 Å². The molecule has 0 radical (unpaired) electrons. The van der Waals surface area contributed by atoms with Crippen molar-refractivity contribution in [3.05, 3.63) is 29.6 Å². The number of esters is 1. The van der Waals surface area contributed by atoms with Gasteiger partial charge in [0.1, 0.15) is 0 Å². The second-order valence-electron chi connectivity index (χ2n) is 3.12. The van der Waals surface area contributed by atoms with Gasteiger partial charge in [0, 0.05) is 25.7 Å². The summed E-state index contributed by atoms with van der Waals surface area (Å²) in [6, 6.07) is 3.50. The molecule has 0 aromatic carbocycles. The first kappa shape index (κ1) is 11.2. The van der Waals surface area contributed by atoms with Crippen LogP contribution in [-0.4, -0.2) is 23.4 Å². The molecule has 0 aliphatic rings. The fourth-order valence-electron chi connectivity index (χ4n) is 1.27. The van der Waals surface area contributed by atoms with E-state index in [2.05, 4.69) is 4.74 Å². The van der Waals surface area contributed by atoms with Gasteiger partial charge in [-0.3, -0.25) is 4.79 Å². The predicted octanol–water partition coefficient (Wildman–Crippen LogP) is 1.41. The topological polar surface area (TPSA) is 48.3 Å². The number of hydrogen-bond donors (Lipinski definition) is 0. The van der Waals surface area contributed by atoms with Gasteiger partial charge in [0.25, 0.3) is 0 Å². The molecule has 80 valence electrons. The number of ketones is 1. The minimum absolute atomic E-state index is 0.00443. The highest BCUT2D eigenvalue weighted by molar-refractivity contribution is 5.93. The Balaban J connectivity index is 2.93. The van der Waals surface area contributed by atoms with Gasteiger partial charge >= 0.3 is 5.97 Å². The van der Waals surface area contributed by atoms with Crippen LogP contribution in [0.3, 0.4) is 0 Å². The van der Waals surface area contributed by atoms with Gasteiger partial charge in [0.15, 0.2) is 5.78 Å². The van der Waals surface area contributed by atoms with Crippen molar-refractivity contribution < 1.29 is 14.3 Å². The number of carbonyl (C=O) groups is 2. The van der Waals surface area contributed by atoms with Crippen LogP contribution in [0.5, 0.6) is 0 Å². The number of ether oxygens (including phenoxy) is 1. The van der Waals surface area contributed by atoms with Crippen molar-refractivity contribution in [3.63, 3.8) is 0 Å². The summed E-state index contributed by atoms with van der Waals surface area (Å²) >= 11 is 0. The van der Waals surface area contributed by atoms with Crippen LogP contribution in [0.25, 0.3) is 6.08 Å². The van der Waals surface area contributed by atoms with Gasteiger partial charge in [0.05, 0.1) is 12.8 Å². The maximum atomic E-state index is 11.1. The monoisotopic (exact) mass is 207 g/mol. The number of Topliss-reactive ketones (excluding diaryl/α,β-unsaturated/α-hetero) is 1. The zero-order valence-corrected chi connectivity index (χ0v) is 8.98. The Hall–Kier alpha value is -1.84. The highest BCUT2D eigenvalue weighted by Crippen LogP contribution is 2.09. The van der Waals surface area contributed by atoms with E-state index in [4.69, 9.17) is 0 Å². The van der Waals surface area contributed by atoms with E-state index in [0.29, 0.717) is 5.69 Å². The molecule has 1 aromatic heterocycles. The molecule has 4 heteroatoms. The van der Waals surface area contributed by atoms with E-state index < -0.39 is 5.97 Å². The van der Waals surface area contributed by atoms with Crippen LogP contribution in [0.4, 0.5) is 0 Å². The lowest BCUT2D eigenvalue weighted by Crippen LogP contribution is -2.03. The fraction of sp³-hybridized carbons (Fsp3) is 0.273. The van der Waals surface area contributed by atoms with Crippen LogP contribution in [0.1, 0.15) is 23.1 Å². The fourth-order valence-corrected chi connectivity index (χ4v) is 1.27. The first-order valence-corrected chi connectivity index (χ1v) is 4.49. The molecular weight excluding hydrogens is 194 g/mol. The van der Waals surface area contributed by atoms with E-state index in [1.54, 1.807) is 29.8 Å². The molecule has 0 N–H and O–H groups in total. The van der Waals surface area contributed by atoms with Crippen LogP contribution in [0, 0.1) is 0 Å². The number of hydrogen-bond acceptors (Lipinski definition) is 3. The normalized spacial score (nSPS) is 10.6. The zero-order valence-electron chi connectivity index (χ0n) is 8.98. The summed E-state index contributed by atoms with van der Waals surface area (Å²) in [5.41, 5.74) is 1.39. The first-order valence-electron chi connectivity index (χ1n) is 4.49. The summed E-state index contributed by atoms with van der Waals surface area (Å²) in [5.74, 6) is -0.421. The Morgan fingerprint density at radius 3 is 2.53 bits per heavy atom.